The van der Waals surface area contributed by atoms with Gasteiger partial charge < -0.3 is 14.2 Å². The number of amides is 1. The molecule has 0 aliphatic carbocycles. The average molecular weight is 439 g/mol. The van der Waals surface area contributed by atoms with Crippen molar-refractivity contribution >= 4 is 40.0 Å². The zero-order valence-corrected chi connectivity index (χ0v) is 17.6. The van der Waals surface area contributed by atoms with Crippen molar-refractivity contribution in [3.8, 4) is 10.6 Å². The number of hydrogen-bond acceptors (Lipinski definition) is 7. The summed E-state index contributed by atoms with van der Waals surface area (Å²) in [6, 6.07) is 10.9. The molecule has 0 aliphatic heterocycles. The first-order valence-corrected chi connectivity index (χ1v) is 10.4. The predicted molar refractivity (Wildman–Crippen MR) is 115 cm³/mol. The topological polar surface area (TPSA) is 85.5 Å². The van der Waals surface area contributed by atoms with E-state index in [2.05, 4.69) is 10.1 Å². The SMILES string of the molecule is CCN(C(=O)COC(=O)c1cc(-c2cccs2)nc2onc(C)c12)c1ccc(F)cc1. The lowest BCUT2D eigenvalue weighted by molar-refractivity contribution is -0.121. The molecule has 1 amide bonds. The molecular weight excluding hydrogens is 421 g/mol. The predicted octanol–water partition coefficient (Wildman–Crippen LogP) is 4.61. The lowest BCUT2D eigenvalue weighted by Gasteiger charge is -2.20. The number of aryl methyl sites for hydroxylation is 1. The van der Waals surface area contributed by atoms with E-state index in [9.17, 15) is 14.0 Å². The van der Waals surface area contributed by atoms with Gasteiger partial charge in [-0.05, 0) is 55.6 Å². The van der Waals surface area contributed by atoms with Crippen LogP contribution in [-0.2, 0) is 9.53 Å². The minimum Gasteiger partial charge on any atom is -0.452 e. The number of hydrogen-bond donors (Lipinski definition) is 0. The van der Waals surface area contributed by atoms with Gasteiger partial charge in [-0.2, -0.15) is 0 Å². The molecule has 3 heterocycles. The quantitative estimate of drug-likeness (QED) is 0.408. The highest BCUT2D eigenvalue weighted by atomic mass is 32.1. The number of pyridine rings is 1. The van der Waals surface area contributed by atoms with Crippen molar-refractivity contribution in [2.75, 3.05) is 18.1 Å². The molecular formula is C22H18FN3O4S. The summed E-state index contributed by atoms with van der Waals surface area (Å²) in [6.45, 7) is 3.36. The van der Waals surface area contributed by atoms with E-state index < -0.39 is 24.3 Å². The Labute approximate surface area is 181 Å². The van der Waals surface area contributed by atoms with Gasteiger partial charge in [-0.25, -0.2) is 14.2 Å². The Morgan fingerprint density at radius 1 is 1.23 bits per heavy atom. The van der Waals surface area contributed by atoms with Crippen LogP contribution in [0.15, 0.2) is 52.4 Å². The summed E-state index contributed by atoms with van der Waals surface area (Å²) >= 11 is 1.47. The molecule has 31 heavy (non-hydrogen) atoms. The summed E-state index contributed by atoms with van der Waals surface area (Å²) in [5.41, 5.74) is 2.03. The summed E-state index contributed by atoms with van der Waals surface area (Å²) in [7, 11) is 0. The van der Waals surface area contributed by atoms with Crippen molar-refractivity contribution in [3.05, 3.63) is 64.9 Å². The fourth-order valence-electron chi connectivity index (χ4n) is 3.21. The van der Waals surface area contributed by atoms with Crippen LogP contribution in [0, 0.1) is 12.7 Å². The first-order valence-electron chi connectivity index (χ1n) is 9.52. The van der Waals surface area contributed by atoms with Gasteiger partial charge in [-0.3, -0.25) is 4.79 Å². The average Bonchev–Trinajstić information content (AvgIpc) is 3.44. The van der Waals surface area contributed by atoms with Crippen LogP contribution in [0.3, 0.4) is 0 Å². The molecule has 0 saturated carbocycles. The summed E-state index contributed by atoms with van der Waals surface area (Å²) in [5, 5.41) is 6.25. The van der Waals surface area contributed by atoms with Gasteiger partial charge in [-0.15, -0.1) is 11.3 Å². The lowest BCUT2D eigenvalue weighted by atomic mass is 10.1. The van der Waals surface area contributed by atoms with Crippen LogP contribution in [-0.4, -0.2) is 35.2 Å². The Hall–Kier alpha value is -3.59. The Morgan fingerprint density at radius 3 is 2.68 bits per heavy atom. The highest BCUT2D eigenvalue weighted by molar-refractivity contribution is 7.13. The van der Waals surface area contributed by atoms with Crippen LogP contribution in [0.1, 0.15) is 23.0 Å². The maximum Gasteiger partial charge on any atom is 0.339 e. The molecule has 0 unspecified atom stereocenters. The van der Waals surface area contributed by atoms with E-state index in [-0.39, 0.29) is 11.3 Å². The summed E-state index contributed by atoms with van der Waals surface area (Å²) in [5.74, 6) is -1.50. The molecule has 1 aromatic carbocycles. The number of aromatic nitrogens is 2. The molecule has 158 valence electrons. The van der Waals surface area contributed by atoms with Gasteiger partial charge in [0.2, 0.25) is 0 Å². The fourth-order valence-corrected chi connectivity index (χ4v) is 3.90. The zero-order chi connectivity index (χ0) is 22.0. The summed E-state index contributed by atoms with van der Waals surface area (Å²) in [6.07, 6.45) is 0. The molecule has 0 atom stereocenters. The number of fused-ring (bicyclic) bond motifs is 1. The van der Waals surface area contributed by atoms with Gasteiger partial charge >= 0.3 is 5.97 Å². The van der Waals surface area contributed by atoms with Gasteiger partial charge in [0, 0.05) is 12.2 Å². The maximum absolute atomic E-state index is 13.2. The standard InChI is InChI=1S/C22H18FN3O4S/c1-3-26(15-8-6-14(23)7-9-15)19(27)12-29-22(28)16-11-17(18-5-4-10-31-18)24-21-20(16)13(2)25-30-21/h4-11H,3,12H2,1-2H3. The first kappa shape index (κ1) is 20.7. The van der Waals surface area contributed by atoms with Crippen LogP contribution >= 0.6 is 11.3 Å². The molecule has 7 nitrogen and oxygen atoms in total. The Balaban J connectivity index is 1.57. The van der Waals surface area contributed by atoms with Crippen molar-refractivity contribution in [2.45, 2.75) is 13.8 Å². The number of rotatable bonds is 6. The Kier molecular flexibility index (Phi) is 5.77. The third-order valence-corrected chi connectivity index (χ3v) is 5.59. The van der Waals surface area contributed by atoms with Gasteiger partial charge in [0.15, 0.2) is 6.61 Å². The van der Waals surface area contributed by atoms with E-state index in [0.717, 1.165) is 4.88 Å². The van der Waals surface area contributed by atoms with E-state index in [1.54, 1.807) is 19.9 Å². The lowest BCUT2D eigenvalue weighted by Crippen LogP contribution is -2.34. The third kappa shape index (κ3) is 4.17. The number of benzene rings is 1. The van der Waals surface area contributed by atoms with E-state index in [1.807, 2.05) is 17.5 Å². The van der Waals surface area contributed by atoms with Crippen LogP contribution < -0.4 is 4.90 Å². The number of anilines is 1. The summed E-state index contributed by atoms with van der Waals surface area (Å²) in [4.78, 5) is 32.2. The Bertz CT molecular complexity index is 1240. The van der Waals surface area contributed by atoms with Gasteiger partial charge in [0.05, 0.1) is 27.2 Å². The number of ether oxygens (including phenoxy) is 1. The number of carbonyl (C=O) groups excluding carboxylic acids is 2. The number of halogens is 1. The molecule has 9 heteroatoms. The minimum atomic E-state index is -0.681. The molecule has 0 bridgehead atoms. The van der Waals surface area contributed by atoms with Gasteiger partial charge in [-0.1, -0.05) is 11.2 Å². The smallest absolute Gasteiger partial charge is 0.339 e. The van der Waals surface area contributed by atoms with Crippen LogP contribution in [0.25, 0.3) is 21.7 Å². The van der Waals surface area contributed by atoms with Crippen molar-refractivity contribution in [1.82, 2.24) is 10.1 Å². The van der Waals surface area contributed by atoms with Gasteiger partial charge in [0.1, 0.15) is 5.82 Å². The third-order valence-electron chi connectivity index (χ3n) is 4.69. The van der Waals surface area contributed by atoms with E-state index in [1.165, 1.54) is 40.5 Å². The number of likely N-dealkylation sites (N-methyl/N-ethyl adjacent to an activating group) is 1. The second-order valence-corrected chi connectivity index (χ2v) is 7.62. The van der Waals surface area contributed by atoms with Crippen molar-refractivity contribution < 1.29 is 23.2 Å². The molecule has 4 rings (SSSR count). The molecule has 0 fully saturated rings. The molecule has 4 aromatic rings. The second-order valence-electron chi connectivity index (χ2n) is 6.67. The van der Waals surface area contributed by atoms with E-state index in [0.29, 0.717) is 29.0 Å². The fraction of sp³-hybridized carbons (Fsp3) is 0.182. The molecule has 0 saturated heterocycles. The monoisotopic (exact) mass is 439 g/mol. The molecule has 0 aliphatic rings. The number of nitrogens with zero attached hydrogens (tertiary/aromatic N) is 3. The first-order chi connectivity index (χ1) is 15.0. The van der Waals surface area contributed by atoms with Crippen molar-refractivity contribution in [3.63, 3.8) is 0 Å². The van der Waals surface area contributed by atoms with E-state index >= 15 is 0 Å². The molecule has 0 spiro atoms. The zero-order valence-electron chi connectivity index (χ0n) is 16.8. The van der Waals surface area contributed by atoms with Crippen molar-refractivity contribution in [1.29, 1.82) is 0 Å². The minimum absolute atomic E-state index is 0.225. The highest BCUT2D eigenvalue weighted by Crippen LogP contribution is 2.29. The van der Waals surface area contributed by atoms with E-state index in [4.69, 9.17) is 9.26 Å². The number of esters is 1. The Morgan fingerprint density at radius 2 is 2.00 bits per heavy atom. The van der Waals surface area contributed by atoms with Crippen LogP contribution in [0.5, 0.6) is 0 Å². The van der Waals surface area contributed by atoms with Crippen molar-refractivity contribution in [2.24, 2.45) is 0 Å². The highest BCUT2D eigenvalue weighted by Gasteiger charge is 2.23. The summed E-state index contributed by atoms with van der Waals surface area (Å²) < 4.78 is 23.8. The molecule has 0 radical (unpaired) electrons. The van der Waals surface area contributed by atoms with Gasteiger partial charge in [0.25, 0.3) is 11.6 Å². The van der Waals surface area contributed by atoms with Crippen LogP contribution in [0.2, 0.25) is 0 Å². The molecule has 3 aromatic heterocycles. The second kappa shape index (κ2) is 8.65. The normalized spacial score (nSPS) is 10.9. The maximum atomic E-state index is 13.2. The number of thiophene rings is 1. The van der Waals surface area contributed by atoms with Crippen LogP contribution in [0.4, 0.5) is 10.1 Å². The largest absolute Gasteiger partial charge is 0.452 e. The molecule has 0 N–H and O–H groups in total. The number of carbonyl (C=O) groups is 2.